The van der Waals surface area contributed by atoms with Crippen LogP contribution in [0.3, 0.4) is 0 Å². The smallest absolute Gasteiger partial charge is 0.269 e. The van der Waals surface area contributed by atoms with Gasteiger partial charge in [0.05, 0.1) is 0 Å². The van der Waals surface area contributed by atoms with Gasteiger partial charge in [-0.3, -0.25) is 9.78 Å². The summed E-state index contributed by atoms with van der Waals surface area (Å²) < 4.78 is 0. The molecule has 17 heavy (non-hydrogen) atoms. The monoisotopic (exact) mass is 252 g/mol. The fraction of sp³-hybridized carbons (Fsp3) is 0.538. The fourth-order valence-corrected chi connectivity index (χ4v) is 2.38. The minimum Gasteiger partial charge on any atom is -0.350 e. The van der Waals surface area contributed by atoms with Crippen molar-refractivity contribution in [3.8, 4) is 0 Å². The zero-order valence-electron chi connectivity index (χ0n) is 10.0. The largest absolute Gasteiger partial charge is 0.350 e. The third kappa shape index (κ3) is 2.78. The SMILES string of the molecule is CCC1(CNC(=O)c2cc(Cl)ccn2)CCC1. The Morgan fingerprint density at radius 3 is 2.88 bits per heavy atom. The molecule has 92 valence electrons. The molecule has 1 heterocycles. The predicted molar refractivity (Wildman–Crippen MR) is 68.2 cm³/mol. The number of carbonyl (C=O) groups is 1. The van der Waals surface area contributed by atoms with Crippen molar-refractivity contribution >= 4 is 17.5 Å². The second-order valence-corrected chi connectivity index (χ2v) is 5.19. The van der Waals surface area contributed by atoms with E-state index < -0.39 is 0 Å². The Bertz CT molecular complexity index is 410. The number of rotatable bonds is 4. The van der Waals surface area contributed by atoms with Crippen LogP contribution in [0.4, 0.5) is 0 Å². The van der Waals surface area contributed by atoms with E-state index in [0.717, 1.165) is 13.0 Å². The average Bonchev–Trinajstić information content (AvgIpc) is 2.28. The van der Waals surface area contributed by atoms with Crippen molar-refractivity contribution in [3.05, 3.63) is 29.0 Å². The van der Waals surface area contributed by atoms with Crippen LogP contribution in [0.5, 0.6) is 0 Å². The van der Waals surface area contributed by atoms with Gasteiger partial charge in [-0.25, -0.2) is 0 Å². The van der Waals surface area contributed by atoms with E-state index in [1.807, 2.05) is 0 Å². The molecular weight excluding hydrogens is 236 g/mol. The van der Waals surface area contributed by atoms with Gasteiger partial charge in [-0.2, -0.15) is 0 Å². The first kappa shape index (κ1) is 12.4. The molecule has 0 unspecified atom stereocenters. The van der Waals surface area contributed by atoms with Gasteiger partial charge in [-0.05, 0) is 36.8 Å². The normalized spacial score (nSPS) is 17.3. The maximum absolute atomic E-state index is 11.9. The molecule has 0 aliphatic heterocycles. The third-order valence-electron chi connectivity index (χ3n) is 3.74. The highest BCUT2D eigenvalue weighted by atomic mass is 35.5. The van der Waals surface area contributed by atoms with Crippen LogP contribution in [0, 0.1) is 5.41 Å². The summed E-state index contributed by atoms with van der Waals surface area (Å²) in [6.07, 6.45) is 6.38. The van der Waals surface area contributed by atoms with E-state index in [4.69, 9.17) is 11.6 Å². The number of hydrogen-bond donors (Lipinski definition) is 1. The van der Waals surface area contributed by atoms with Gasteiger partial charge in [-0.15, -0.1) is 0 Å². The third-order valence-corrected chi connectivity index (χ3v) is 3.98. The number of aromatic nitrogens is 1. The molecule has 1 aromatic rings. The Morgan fingerprint density at radius 1 is 1.59 bits per heavy atom. The van der Waals surface area contributed by atoms with Crippen LogP contribution in [-0.4, -0.2) is 17.4 Å². The van der Waals surface area contributed by atoms with Gasteiger partial charge in [0.2, 0.25) is 0 Å². The number of halogens is 1. The van der Waals surface area contributed by atoms with E-state index in [9.17, 15) is 4.79 Å². The number of pyridine rings is 1. The summed E-state index contributed by atoms with van der Waals surface area (Å²) in [6, 6.07) is 3.26. The van der Waals surface area contributed by atoms with Gasteiger partial charge in [0.25, 0.3) is 5.91 Å². The summed E-state index contributed by atoms with van der Waals surface area (Å²) >= 11 is 5.82. The fourth-order valence-electron chi connectivity index (χ4n) is 2.22. The highest BCUT2D eigenvalue weighted by Gasteiger charge is 2.35. The van der Waals surface area contributed by atoms with E-state index in [1.54, 1.807) is 18.3 Å². The molecule has 0 bridgehead atoms. The van der Waals surface area contributed by atoms with Crippen molar-refractivity contribution in [3.63, 3.8) is 0 Å². The summed E-state index contributed by atoms with van der Waals surface area (Å²) in [7, 11) is 0. The highest BCUT2D eigenvalue weighted by Crippen LogP contribution is 2.43. The molecule has 2 rings (SSSR count). The molecule has 0 radical (unpaired) electrons. The van der Waals surface area contributed by atoms with Crippen molar-refractivity contribution in [1.82, 2.24) is 10.3 Å². The van der Waals surface area contributed by atoms with Gasteiger partial charge >= 0.3 is 0 Å². The van der Waals surface area contributed by atoms with Crippen molar-refractivity contribution < 1.29 is 4.79 Å². The van der Waals surface area contributed by atoms with E-state index >= 15 is 0 Å². The first-order valence-electron chi connectivity index (χ1n) is 6.05. The summed E-state index contributed by atoms with van der Waals surface area (Å²) in [6.45, 7) is 2.93. The van der Waals surface area contributed by atoms with Gasteiger partial charge in [0.1, 0.15) is 5.69 Å². The van der Waals surface area contributed by atoms with Crippen LogP contribution >= 0.6 is 11.6 Å². The summed E-state index contributed by atoms with van der Waals surface area (Å²) in [5.41, 5.74) is 0.719. The van der Waals surface area contributed by atoms with Crippen LogP contribution in [0.25, 0.3) is 0 Å². The second kappa shape index (κ2) is 5.05. The molecule has 1 N–H and O–H groups in total. The van der Waals surface area contributed by atoms with Crippen molar-refractivity contribution in [2.75, 3.05) is 6.54 Å². The van der Waals surface area contributed by atoms with Gasteiger partial charge in [-0.1, -0.05) is 24.9 Å². The zero-order valence-corrected chi connectivity index (χ0v) is 10.8. The number of carbonyl (C=O) groups excluding carboxylic acids is 1. The number of hydrogen-bond acceptors (Lipinski definition) is 2. The summed E-state index contributed by atoms with van der Waals surface area (Å²) in [5.74, 6) is -0.132. The molecule has 0 spiro atoms. The van der Waals surface area contributed by atoms with Crippen molar-refractivity contribution in [1.29, 1.82) is 0 Å². The highest BCUT2D eigenvalue weighted by molar-refractivity contribution is 6.30. The molecule has 1 amide bonds. The zero-order chi connectivity index (χ0) is 12.3. The molecule has 3 nitrogen and oxygen atoms in total. The summed E-state index contributed by atoms with van der Waals surface area (Å²) in [5, 5.41) is 3.50. The Hall–Kier alpha value is -1.09. The molecule has 0 atom stereocenters. The van der Waals surface area contributed by atoms with Gasteiger partial charge < -0.3 is 5.32 Å². The minimum atomic E-state index is -0.132. The van der Waals surface area contributed by atoms with Crippen molar-refractivity contribution in [2.45, 2.75) is 32.6 Å². The molecular formula is C13H17ClN2O. The molecule has 0 saturated heterocycles. The van der Waals surface area contributed by atoms with Crippen LogP contribution in [0.2, 0.25) is 5.02 Å². The average molecular weight is 253 g/mol. The number of nitrogens with zero attached hydrogens (tertiary/aromatic N) is 1. The Morgan fingerprint density at radius 2 is 2.35 bits per heavy atom. The van der Waals surface area contributed by atoms with E-state index in [-0.39, 0.29) is 5.91 Å². The molecule has 1 aromatic heterocycles. The maximum Gasteiger partial charge on any atom is 0.269 e. The van der Waals surface area contributed by atoms with Crippen molar-refractivity contribution in [2.24, 2.45) is 5.41 Å². The van der Waals surface area contributed by atoms with E-state index in [0.29, 0.717) is 16.1 Å². The Balaban J connectivity index is 1.93. The molecule has 1 fully saturated rings. The molecule has 1 aliphatic rings. The Kier molecular flexibility index (Phi) is 3.67. The lowest BCUT2D eigenvalue weighted by Crippen LogP contribution is -2.41. The molecule has 0 aromatic carbocycles. The second-order valence-electron chi connectivity index (χ2n) is 4.75. The van der Waals surface area contributed by atoms with Crippen LogP contribution in [0.1, 0.15) is 43.1 Å². The van der Waals surface area contributed by atoms with Gasteiger partial charge in [0.15, 0.2) is 0 Å². The van der Waals surface area contributed by atoms with E-state index in [2.05, 4.69) is 17.2 Å². The van der Waals surface area contributed by atoms with Crippen LogP contribution in [0.15, 0.2) is 18.3 Å². The Labute approximate surface area is 107 Å². The maximum atomic E-state index is 11.9. The van der Waals surface area contributed by atoms with E-state index in [1.165, 1.54) is 19.3 Å². The summed E-state index contributed by atoms with van der Waals surface area (Å²) in [4.78, 5) is 15.9. The minimum absolute atomic E-state index is 0.132. The first-order chi connectivity index (χ1) is 8.15. The van der Waals surface area contributed by atoms with Crippen LogP contribution in [-0.2, 0) is 0 Å². The lowest BCUT2D eigenvalue weighted by molar-refractivity contribution is 0.0845. The standard InChI is InChI=1S/C13H17ClN2O/c1-2-13(5-3-6-13)9-16-12(17)11-8-10(14)4-7-15-11/h4,7-8H,2-3,5-6,9H2,1H3,(H,16,17). The quantitative estimate of drug-likeness (QED) is 0.895. The number of nitrogens with one attached hydrogen (secondary N) is 1. The molecule has 1 saturated carbocycles. The number of amides is 1. The first-order valence-corrected chi connectivity index (χ1v) is 6.43. The predicted octanol–water partition coefficient (Wildman–Crippen LogP) is 3.05. The molecule has 4 heteroatoms. The molecule has 1 aliphatic carbocycles. The van der Waals surface area contributed by atoms with Crippen LogP contribution < -0.4 is 5.32 Å². The lowest BCUT2D eigenvalue weighted by Gasteiger charge is -2.41. The lowest BCUT2D eigenvalue weighted by atomic mass is 9.67. The topological polar surface area (TPSA) is 42.0 Å². The van der Waals surface area contributed by atoms with Gasteiger partial charge in [0, 0.05) is 17.8 Å².